The SMILES string of the molecule is CCC(=O)n1ccc2ccccc21. The van der Waals surface area contributed by atoms with Gasteiger partial charge in [-0.05, 0) is 12.1 Å². The van der Waals surface area contributed by atoms with E-state index in [1.807, 2.05) is 43.5 Å². The largest absolute Gasteiger partial charge is 0.287 e. The molecule has 0 atom stereocenters. The van der Waals surface area contributed by atoms with Crippen LogP contribution < -0.4 is 0 Å². The van der Waals surface area contributed by atoms with Gasteiger partial charge in [0.15, 0.2) is 0 Å². The van der Waals surface area contributed by atoms with Crippen LogP contribution in [0.1, 0.15) is 18.1 Å². The van der Waals surface area contributed by atoms with Crippen molar-refractivity contribution < 1.29 is 4.79 Å². The van der Waals surface area contributed by atoms with Gasteiger partial charge in [-0.2, -0.15) is 0 Å². The quantitative estimate of drug-likeness (QED) is 0.649. The summed E-state index contributed by atoms with van der Waals surface area (Å²) in [6.45, 7) is 1.87. The van der Waals surface area contributed by atoms with Crippen LogP contribution in [0.5, 0.6) is 0 Å². The van der Waals surface area contributed by atoms with Crippen molar-refractivity contribution >= 4 is 16.8 Å². The van der Waals surface area contributed by atoms with Crippen molar-refractivity contribution in [1.29, 1.82) is 0 Å². The number of hydrogen-bond acceptors (Lipinski definition) is 1. The van der Waals surface area contributed by atoms with Crippen LogP contribution in [0.2, 0.25) is 0 Å². The first-order valence-corrected chi connectivity index (χ1v) is 4.42. The van der Waals surface area contributed by atoms with E-state index in [1.54, 1.807) is 4.57 Å². The zero-order valence-electron chi connectivity index (χ0n) is 7.53. The van der Waals surface area contributed by atoms with Gasteiger partial charge in [0.1, 0.15) is 0 Å². The first kappa shape index (κ1) is 8.05. The van der Waals surface area contributed by atoms with Gasteiger partial charge in [0.25, 0.3) is 0 Å². The van der Waals surface area contributed by atoms with Gasteiger partial charge in [-0.15, -0.1) is 0 Å². The first-order chi connectivity index (χ1) is 6.33. The third-order valence-electron chi connectivity index (χ3n) is 2.17. The van der Waals surface area contributed by atoms with Crippen molar-refractivity contribution in [2.45, 2.75) is 13.3 Å². The third-order valence-corrected chi connectivity index (χ3v) is 2.17. The Hall–Kier alpha value is -1.57. The number of carbonyl (C=O) groups is 1. The van der Waals surface area contributed by atoms with E-state index < -0.39 is 0 Å². The molecule has 0 amide bonds. The Morgan fingerprint density at radius 1 is 1.31 bits per heavy atom. The summed E-state index contributed by atoms with van der Waals surface area (Å²) in [6, 6.07) is 9.85. The van der Waals surface area contributed by atoms with Crippen molar-refractivity contribution in [3.05, 3.63) is 36.5 Å². The maximum atomic E-state index is 11.5. The number of carbonyl (C=O) groups excluding carboxylic acids is 1. The molecule has 0 fully saturated rings. The van der Waals surface area contributed by atoms with Crippen LogP contribution in [-0.2, 0) is 0 Å². The van der Waals surface area contributed by atoms with E-state index in [-0.39, 0.29) is 5.91 Å². The maximum Gasteiger partial charge on any atom is 0.230 e. The Morgan fingerprint density at radius 2 is 2.08 bits per heavy atom. The molecule has 1 aromatic heterocycles. The van der Waals surface area contributed by atoms with Crippen LogP contribution >= 0.6 is 0 Å². The highest BCUT2D eigenvalue weighted by molar-refractivity contribution is 5.92. The Kier molecular flexibility index (Phi) is 1.89. The standard InChI is InChI=1S/C11H11NO/c1-2-11(13)12-8-7-9-5-3-4-6-10(9)12/h3-8H,2H2,1H3. The van der Waals surface area contributed by atoms with E-state index in [2.05, 4.69) is 0 Å². The second-order valence-electron chi connectivity index (χ2n) is 2.99. The first-order valence-electron chi connectivity index (χ1n) is 4.42. The Balaban J connectivity index is 2.64. The molecule has 0 aliphatic carbocycles. The molecule has 0 saturated heterocycles. The lowest BCUT2D eigenvalue weighted by atomic mass is 10.2. The zero-order chi connectivity index (χ0) is 9.26. The van der Waals surface area contributed by atoms with Gasteiger partial charge in [0, 0.05) is 18.0 Å². The Morgan fingerprint density at radius 3 is 2.85 bits per heavy atom. The van der Waals surface area contributed by atoms with Crippen LogP contribution in [0.3, 0.4) is 0 Å². The lowest BCUT2D eigenvalue weighted by Gasteiger charge is -1.99. The van der Waals surface area contributed by atoms with E-state index in [9.17, 15) is 4.79 Å². The molecule has 0 aliphatic rings. The van der Waals surface area contributed by atoms with Crippen LogP contribution in [0.4, 0.5) is 0 Å². The van der Waals surface area contributed by atoms with Gasteiger partial charge in [0.05, 0.1) is 5.52 Å². The Labute approximate surface area is 76.8 Å². The number of nitrogens with zero attached hydrogens (tertiary/aromatic N) is 1. The van der Waals surface area contributed by atoms with Crippen LogP contribution in [-0.4, -0.2) is 10.5 Å². The molecule has 2 nitrogen and oxygen atoms in total. The maximum absolute atomic E-state index is 11.5. The van der Waals surface area contributed by atoms with Crippen molar-refractivity contribution in [3.8, 4) is 0 Å². The van der Waals surface area contributed by atoms with E-state index in [0.29, 0.717) is 6.42 Å². The highest BCUT2D eigenvalue weighted by Gasteiger charge is 2.04. The molecule has 0 N–H and O–H groups in total. The highest BCUT2D eigenvalue weighted by Crippen LogP contribution is 2.15. The summed E-state index contributed by atoms with van der Waals surface area (Å²) < 4.78 is 1.70. The average Bonchev–Trinajstić information content (AvgIpc) is 2.60. The number of rotatable bonds is 1. The van der Waals surface area contributed by atoms with Gasteiger partial charge < -0.3 is 0 Å². The van der Waals surface area contributed by atoms with Gasteiger partial charge in [-0.1, -0.05) is 25.1 Å². The van der Waals surface area contributed by atoms with Gasteiger partial charge in [-0.3, -0.25) is 9.36 Å². The minimum atomic E-state index is 0.140. The molecule has 1 heterocycles. The normalized spacial score (nSPS) is 10.5. The lowest BCUT2D eigenvalue weighted by Crippen LogP contribution is -2.06. The molecule has 2 rings (SSSR count). The molecule has 1 aromatic carbocycles. The molecule has 0 bridgehead atoms. The fourth-order valence-corrected chi connectivity index (χ4v) is 1.47. The van der Waals surface area contributed by atoms with Crippen molar-refractivity contribution in [2.75, 3.05) is 0 Å². The topological polar surface area (TPSA) is 22.0 Å². The molecule has 2 aromatic rings. The van der Waals surface area contributed by atoms with E-state index >= 15 is 0 Å². The third kappa shape index (κ3) is 1.24. The predicted octanol–water partition coefficient (Wildman–Crippen LogP) is 2.69. The van der Waals surface area contributed by atoms with Gasteiger partial charge in [0.2, 0.25) is 5.91 Å². The summed E-state index contributed by atoms with van der Waals surface area (Å²) in [6.07, 6.45) is 2.37. The minimum Gasteiger partial charge on any atom is -0.287 e. The lowest BCUT2D eigenvalue weighted by molar-refractivity contribution is 0.0914. The van der Waals surface area contributed by atoms with Crippen molar-refractivity contribution in [2.24, 2.45) is 0 Å². The Bertz CT molecular complexity index is 442. The van der Waals surface area contributed by atoms with Gasteiger partial charge >= 0.3 is 0 Å². The van der Waals surface area contributed by atoms with Crippen LogP contribution in [0.25, 0.3) is 10.9 Å². The minimum absolute atomic E-state index is 0.140. The molecular weight excluding hydrogens is 162 g/mol. The molecule has 2 heteroatoms. The monoisotopic (exact) mass is 173 g/mol. The number of benzene rings is 1. The predicted molar refractivity (Wildman–Crippen MR) is 52.9 cm³/mol. The smallest absolute Gasteiger partial charge is 0.230 e. The molecule has 0 aliphatic heterocycles. The van der Waals surface area contributed by atoms with Crippen molar-refractivity contribution in [1.82, 2.24) is 4.57 Å². The summed E-state index contributed by atoms with van der Waals surface area (Å²) in [7, 11) is 0. The molecule has 0 saturated carbocycles. The van der Waals surface area contributed by atoms with E-state index in [4.69, 9.17) is 0 Å². The summed E-state index contributed by atoms with van der Waals surface area (Å²) >= 11 is 0. The summed E-state index contributed by atoms with van der Waals surface area (Å²) in [5.74, 6) is 0.140. The van der Waals surface area contributed by atoms with Gasteiger partial charge in [-0.25, -0.2) is 0 Å². The number of fused-ring (bicyclic) bond motifs is 1. The second kappa shape index (κ2) is 3.05. The average molecular weight is 173 g/mol. The number of hydrogen-bond donors (Lipinski definition) is 0. The van der Waals surface area contributed by atoms with Crippen LogP contribution in [0, 0.1) is 0 Å². The number of para-hydroxylation sites is 1. The molecule has 0 unspecified atom stereocenters. The summed E-state index contributed by atoms with van der Waals surface area (Å²) in [5.41, 5.74) is 0.995. The molecule has 66 valence electrons. The fourth-order valence-electron chi connectivity index (χ4n) is 1.47. The molecule has 0 spiro atoms. The summed E-state index contributed by atoms with van der Waals surface area (Å²) in [5, 5.41) is 1.12. The van der Waals surface area contributed by atoms with E-state index in [0.717, 1.165) is 10.9 Å². The zero-order valence-corrected chi connectivity index (χ0v) is 7.53. The van der Waals surface area contributed by atoms with E-state index in [1.165, 1.54) is 0 Å². The van der Waals surface area contributed by atoms with Crippen molar-refractivity contribution in [3.63, 3.8) is 0 Å². The number of aromatic nitrogens is 1. The molecular formula is C11H11NO. The molecule has 0 radical (unpaired) electrons. The highest BCUT2D eigenvalue weighted by atomic mass is 16.1. The summed E-state index contributed by atoms with van der Waals surface area (Å²) in [4.78, 5) is 11.5. The fraction of sp³-hybridized carbons (Fsp3) is 0.182. The second-order valence-corrected chi connectivity index (χ2v) is 2.99. The molecule has 13 heavy (non-hydrogen) atoms. The van der Waals surface area contributed by atoms with Crippen LogP contribution in [0.15, 0.2) is 36.5 Å².